The molecular formula is C17H11ClF4N4. The van der Waals surface area contributed by atoms with Crippen LogP contribution in [0.5, 0.6) is 0 Å². The van der Waals surface area contributed by atoms with Gasteiger partial charge in [-0.3, -0.25) is 0 Å². The lowest BCUT2D eigenvalue weighted by Gasteiger charge is -2.12. The van der Waals surface area contributed by atoms with Crippen LogP contribution in [0, 0.1) is 5.82 Å². The Labute approximate surface area is 150 Å². The van der Waals surface area contributed by atoms with Gasteiger partial charge in [0.1, 0.15) is 11.6 Å². The maximum absolute atomic E-state index is 13.2. The van der Waals surface area contributed by atoms with Crippen molar-refractivity contribution < 1.29 is 17.6 Å². The van der Waals surface area contributed by atoms with Crippen molar-refractivity contribution in [1.29, 1.82) is 0 Å². The van der Waals surface area contributed by atoms with Gasteiger partial charge >= 0.3 is 6.18 Å². The SMILES string of the molecule is Fc1cccc(Nc2nccc(Nc3ccc(Cl)c(C(F)(F)F)c3)n2)c1. The third kappa shape index (κ3) is 4.40. The molecule has 0 saturated heterocycles. The van der Waals surface area contributed by atoms with Crippen LogP contribution in [-0.2, 0) is 6.18 Å². The minimum Gasteiger partial charge on any atom is -0.340 e. The lowest BCUT2D eigenvalue weighted by atomic mass is 10.2. The lowest BCUT2D eigenvalue weighted by Crippen LogP contribution is -2.07. The normalized spacial score (nSPS) is 11.3. The van der Waals surface area contributed by atoms with Crippen molar-refractivity contribution >= 4 is 34.7 Å². The Morgan fingerprint density at radius 3 is 2.42 bits per heavy atom. The highest BCUT2D eigenvalue weighted by Gasteiger charge is 2.33. The van der Waals surface area contributed by atoms with Gasteiger partial charge in [-0.2, -0.15) is 18.2 Å². The lowest BCUT2D eigenvalue weighted by molar-refractivity contribution is -0.137. The monoisotopic (exact) mass is 382 g/mol. The van der Waals surface area contributed by atoms with Crippen LogP contribution in [0.1, 0.15) is 5.56 Å². The summed E-state index contributed by atoms with van der Waals surface area (Å²) >= 11 is 5.60. The number of hydrogen-bond donors (Lipinski definition) is 2. The molecule has 0 aliphatic carbocycles. The number of nitrogens with zero attached hydrogens (tertiary/aromatic N) is 2. The molecule has 0 saturated carbocycles. The molecule has 26 heavy (non-hydrogen) atoms. The van der Waals surface area contributed by atoms with E-state index in [1.807, 2.05) is 0 Å². The highest BCUT2D eigenvalue weighted by Crippen LogP contribution is 2.36. The second-order valence-corrected chi connectivity index (χ2v) is 5.63. The number of anilines is 4. The van der Waals surface area contributed by atoms with Crippen LogP contribution < -0.4 is 10.6 Å². The molecule has 0 aliphatic heterocycles. The summed E-state index contributed by atoms with van der Waals surface area (Å²) in [7, 11) is 0. The molecule has 3 aromatic rings. The van der Waals surface area contributed by atoms with Crippen molar-refractivity contribution in [2.75, 3.05) is 10.6 Å². The van der Waals surface area contributed by atoms with Gasteiger partial charge in [-0.15, -0.1) is 0 Å². The van der Waals surface area contributed by atoms with E-state index in [0.717, 1.165) is 12.1 Å². The van der Waals surface area contributed by atoms with Gasteiger partial charge in [-0.05, 0) is 42.5 Å². The Morgan fingerprint density at radius 1 is 0.923 bits per heavy atom. The predicted molar refractivity (Wildman–Crippen MR) is 91.5 cm³/mol. The number of aromatic nitrogens is 2. The largest absolute Gasteiger partial charge is 0.417 e. The Morgan fingerprint density at radius 2 is 1.69 bits per heavy atom. The summed E-state index contributed by atoms with van der Waals surface area (Å²) in [6, 6.07) is 10.6. The fourth-order valence-corrected chi connectivity index (χ4v) is 2.38. The fourth-order valence-electron chi connectivity index (χ4n) is 2.15. The molecule has 134 valence electrons. The van der Waals surface area contributed by atoms with E-state index in [9.17, 15) is 17.6 Å². The van der Waals surface area contributed by atoms with E-state index < -0.39 is 17.6 Å². The molecule has 2 aromatic carbocycles. The Hall–Kier alpha value is -2.87. The van der Waals surface area contributed by atoms with Gasteiger partial charge in [-0.25, -0.2) is 9.37 Å². The maximum Gasteiger partial charge on any atom is 0.417 e. The summed E-state index contributed by atoms with van der Waals surface area (Å²) in [5.41, 5.74) is -0.346. The standard InChI is InChI=1S/C17H11ClF4N4/c18-14-5-4-12(9-13(14)17(20,21)22)24-15-6-7-23-16(26-15)25-11-3-1-2-10(19)8-11/h1-9H,(H2,23,24,25,26). The molecule has 3 rings (SSSR count). The number of alkyl halides is 3. The van der Waals surface area contributed by atoms with E-state index in [1.54, 1.807) is 6.07 Å². The smallest absolute Gasteiger partial charge is 0.340 e. The minimum absolute atomic E-state index is 0.158. The molecule has 0 spiro atoms. The van der Waals surface area contributed by atoms with Crippen molar-refractivity contribution in [1.82, 2.24) is 9.97 Å². The van der Waals surface area contributed by atoms with Gasteiger partial charge in [0, 0.05) is 17.6 Å². The van der Waals surface area contributed by atoms with E-state index >= 15 is 0 Å². The molecule has 0 bridgehead atoms. The summed E-state index contributed by atoms with van der Waals surface area (Å²) in [6.07, 6.45) is -3.15. The number of nitrogens with one attached hydrogen (secondary N) is 2. The van der Waals surface area contributed by atoms with Crippen LogP contribution in [-0.4, -0.2) is 9.97 Å². The predicted octanol–water partition coefficient (Wildman–Crippen LogP) is 5.78. The molecule has 0 amide bonds. The van der Waals surface area contributed by atoms with Crippen molar-refractivity contribution in [2.45, 2.75) is 6.18 Å². The second-order valence-electron chi connectivity index (χ2n) is 5.22. The molecular weight excluding hydrogens is 372 g/mol. The van der Waals surface area contributed by atoms with Crippen LogP contribution in [0.2, 0.25) is 5.02 Å². The summed E-state index contributed by atoms with van der Waals surface area (Å²) < 4.78 is 52.0. The molecule has 0 radical (unpaired) electrons. The Bertz CT molecular complexity index is 931. The zero-order valence-corrected chi connectivity index (χ0v) is 13.7. The summed E-state index contributed by atoms with van der Waals surface area (Å²) in [5, 5.41) is 5.18. The second kappa shape index (κ2) is 7.17. The van der Waals surface area contributed by atoms with Gasteiger partial charge in [0.25, 0.3) is 0 Å². The Kier molecular flexibility index (Phi) is 4.94. The van der Waals surface area contributed by atoms with Gasteiger partial charge in [0.15, 0.2) is 0 Å². The molecule has 4 nitrogen and oxygen atoms in total. The third-order valence-corrected chi connectivity index (χ3v) is 3.61. The first-order chi connectivity index (χ1) is 12.3. The summed E-state index contributed by atoms with van der Waals surface area (Å²) in [4.78, 5) is 8.13. The number of halogens is 5. The van der Waals surface area contributed by atoms with Gasteiger partial charge in [0.2, 0.25) is 5.95 Å². The minimum atomic E-state index is -4.56. The van der Waals surface area contributed by atoms with Gasteiger partial charge in [0.05, 0.1) is 10.6 Å². The molecule has 0 atom stereocenters. The molecule has 0 unspecified atom stereocenters. The third-order valence-electron chi connectivity index (χ3n) is 3.28. The van der Waals surface area contributed by atoms with Crippen molar-refractivity contribution in [2.24, 2.45) is 0 Å². The number of rotatable bonds is 4. The Balaban J connectivity index is 1.81. The maximum atomic E-state index is 13.2. The van der Waals surface area contributed by atoms with Crippen LogP contribution in [0.3, 0.4) is 0 Å². The molecule has 9 heteroatoms. The first kappa shape index (κ1) is 17.9. The first-order valence-corrected chi connectivity index (χ1v) is 7.68. The average Bonchev–Trinajstić information content (AvgIpc) is 2.56. The van der Waals surface area contributed by atoms with Crippen LogP contribution in [0.15, 0.2) is 54.7 Å². The molecule has 0 aliphatic rings. The highest BCUT2D eigenvalue weighted by molar-refractivity contribution is 6.31. The van der Waals surface area contributed by atoms with E-state index in [1.165, 1.54) is 36.5 Å². The number of benzene rings is 2. The van der Waals surface area contributed by atoms with Crippen LogP contribution in [0.4, 0.5) is 40.7 Å². The summed E-state index contributed by atoms with van der Waals surface area (Å²) in [6.45, 7) is 0. The van der Waals surface area contributed by atoms with E-state index in [4.69, 9.17) is 11.6 Å². The quantitative estimate of drug-likeness (QED) is 0.562. The molecule has 1 aromatic heterocycles. The van der Waals surface area contributed by atoms with Crippen LogP contribution in [0.25, 0.3) is 0 Å². The van der Waals surface area contributed by atoms with Crippen LogP contribution >= 0.6 is 11.6 Å². The fraction of sp³-hybridized carbons (Fsp3) is 0.0588. The molecule has 1 heterocycles. The zero-order chi connectivity index (χ0) is 18.7. The van der Waals surface area contributed by atoms with E-state index in [0.29, 0.717) is 5.69 Å². The number of hydrogen-bond acceptors (Lipinski definition) is 4. The van der Waals surface area contributed by atoms with E-state index in [2.05, 4.69) is 20.6 Å². The van der Waals surface area contributed by atoms with E-state index in [-0.39, 0.29) is 22.5 Å². The molecule has 0 fully saturated rings. The highest BCUT2D eigenvalue weighted by atomic mass is 35.5. The topological polar surface area (TPSA) is 49.8 Å². The molecule has 2 N–H and O–H groups in total. The van der Waals surface area contributed by atoms with Crippen molar-refractivity contribution in [3.63, 3.8) is 0 Å². The van der Waals surface area contributed by atoms with Crippen molar-refractivity contribution in [3.05, 3.63) is 71.1 Å². The van der Waals surface area contributed by atoms with Crippen molar-refractivity contribution in [3.8, 4) is 0 Å². The summed E-state index contributed by atoms with van der Waals surface area (Å²) in [5.74, 6) is -0.00918. The van der Waals surface area contributed by atoms with Gasteiger partial charge in [-0.1, -0.05) is 17.7 Å². The first-order valence-electron chi connectivity index (χ1n) is 7.31. The zero-order valence-electron chi connectivity index (χ0n) is 13.0. The average molecular weight is 383 g/mol. The van der Waals surface area contributed by atoms with Gasteiger partial charge < -0.3 is 10.6 Å².